The van der Waals surface area contributed by atoms with Crippen molar-refractivity contribution in [2.24, 2.45) is 11.7 Å². The standard InChI is InChI=1S/C15H22ClNO2/c1-3-19-12-6-10(7-12)8-14(17)11-4-5-13(16)15(9-11)18-2/h4-5,9-10,12,14H,3,6-8,17H2,1-2H3. The molecule has 3 nitrogen and oxygen atoms in total. The van der Waals surface area contributed by atoms with Gasteiger partial charge in [0.25, 0.3) is 0 Å². The number of halogens is 1. The highest BCUT2D eigenvalue weighted by atomic mass is 35.5. The molecule has 19 heavy (non-hydrogen) atoms. The van der Waals surface area contributed by atoms with Crippen molar-refractivity contribution in [3.05, 3.63) is 28.8 Å². The third kappa shape index (κ3) is 3.62. The summed E-state index contributed by atoms with van der Waals surface area (Å²) in [4.78, 5) is 0. The Bertz CT molecular complexity index is 419. The van der Waals surface area contributed by atoms with E-state index in [1.165, 1.54) is 0 Å². The van der Waals surface area contributed by atoms with Gasteiger partial charge in [-0.1, -0.05) is 17.7 Å². The maximum absolute atomic E-state index is 6.26. The summed E-state index contributed by atoms with van der Waals surface area (Å²) < 4.78 is 10.8. The third-order valence-electron chi connectivity index (χ3n) is 3.79. The Morgan fingerprint density at radius 1 is 1.42 bits per heavy atom. The monoisotopic (exact) mass is 283 g/mol. The van der Waals surface area contributed by atoms with Gasteiger partial charge >= 0.3 is 0 Å². The van der Waals surface area contributed by atoms with Crippen molar-refractivity contribution in [1.29, 1.82) is 0 Å². The second-order valence-corrected chi connectivity index (χ2v) is 5.56. The summed E-state index contributed by atoms with van der Waals surface area (Å²) in [5.74, 6) is 1.36. The quantitative estimate of drug-likeness (QED) is 0.868. The van der Waals surface area contributed by atoms with E-state index >= 15 is 0 Å². The topological polar surface area (TPSA) is 44.5 Å². The molecule has 0 heterocycles. The summed E-state index contributed by atoms with van der Waals surface area (Å²) in [6, 6.07) is 5.80. The van der Waals surface area contributed by atoms with Gasteiger partial charge in [0.1, 0.15) is 5.75 Å². The largest absolute Gasteiger partial charge is 0.495 e. The van der Waals surface area contributed by atoms with Crippen LogP contribution in [-0.2, 0) is 4.74 Å². The van der Waals surface area contributed by atoms with E-state index in [1.807, 2.05) is 25.1 Å². The molecule has 1 aromatic carbocycles. The molecule has 2 rings (SSSR count). The molecule has 106 valence electrons. The van der Waals surface area contributed by atoms with Crippen molar-refractivity contribution < 1.29 is 9.47 Å². The molecule has 1 saturated carbocycles. The summed E-state index contributed by atoms with van der Waals surface area (Å²) in [6.45, 7) is 2.84. The first-order valence-electron chi connectivity index (χ1n) is 6.84. The summed E-state index contributed by atoms with van der Waals surface area (Å²) in [7, 11) is 1.62. The van der Waals surface area contributed by atoms with Crippen LogP contribution in [0.2, 0.25) is 5.02 Å². The fourth-order valence-corrected chi connectivity index (χ4v) is 2.84. The number of hydrogen-bond donors (Lipinski definition) is 1. The third-order valence-corrected chi connectivity index (χ3v) is 4.10. The molecular formula is C15H22ClNO2. The predicted molar refractivity (Wildman–Crippen MR) is 77.7 cm³/mol. The van der Waals surface area contributed by atoms with Crippen LogP contribution < -0.4 is 10.5 Å². The molecule has 0 amide bonds. The average Bonchev–Trinajstić information content (AvgIpc) is 2.36. The molecule has 0 aromatic heterocycles. The predicted octanol–water partition coefficient (Wildman–Crippen LogP) is 3.55. The highest BCUT2D eigenvalue weighted by Gasteiger charge is 2.30. The number of nitrogens with two attached hydrogens (primary N) is 1. The molecule has 0 saturated heterocycles. The molecule has 0 radical (unpaired) electrons. The molecule has 1 aliphatic rings. The van der Waals surface area contributed by atoms with Crippen LogP contribution in [0.15, 0.2) is 18.2 Å². The Morgan fingerprint density at radius 2 is 2.16 bits per heavy atom. The fourth-order valence-electron chi connectivity index (χ4n) is 2.64. The lowest BCUT2D eigenvalue weighted by Gasteiger charge is -2.36. The zero-order chi connectivity index (χ0) is 13.8. The minimum Gasteiger partial charge on any atom is -0.495 e. The SMILES string of the molecule is CCOC1CC(CC(N)c2ccc(Cl)c(OC)c2)C1. The van der Waals surface area contributed by atoms with Crippen molar-refractivity contribution in [3.63, 3.8) is 0 Å². The molecule has 1 unspecified atom stereocenters. The number of ether oxygens (including phenoxy) is 2. The fraction of sp³-hybridized carbons (Fsp3) is 0.600. The maximum atomic E-state index is 6.26. The number of methoxy groups -OCH3 is 1. The van der Waals surface area contributed by atoms with Gasteiger partial charge < -0.3 is 15.2 Å². The zero-order valence-electron chi connectivity index (χ0n) is 11.6. The zero-order valence-corrected chi connectivity index (χ0v) is 12.3. The maximum Gasteiger partial charge on any atom is 0.137 e. The Balaban J connectivity index is 1.88. The first kappa shape index (κ1) is 14.6. The molecule has 1 atom stereocenters. The van der Waals surface area contributed by atoms with E-state index < -0.39 is 0 Å². The highest BCUT2D eigenvalue weighted by molar-refractivity contribution is 6.32. The number of hydrogen-bond acceptors (Lipinski definition) is 3. The van der Waals surface area contributed by atoms with Crippen LogP contribution in [0.5, 0.6) is 5.75 Å². The molecule has 0 bridgehead atoms. The van der Waals surface area contributed by atoms with E-state index in [4.69, 9.17) is 26.8 Å². The summed E-state index contributed by atoms with van der Waals surface area (Å²) in [6.07, 6.45) is 3.70. The molecular weight excluding hydrogens is 262 g/mol. The van der Waals surface area contributed by atoms with Gasteiger partial charge in [0.15, 0.2) is 0 Å². The van der Waals surface area contributed by atoms with Crippen LogP contribution in [-0.4, -0.2) is 19.8 Å². The van der Waals surface area contributed by atoms with Crippen molar-refractivity contribution in [2.45, 2.75) is 38.3 Å². The van der Waals surface area contributed by atoms with Crippen LogP contribution in [0.1, 0.15) is 37.8 Å². The molecule has 1 aliphatic carbocycles. The van der Waals surface area contributed by atoms with Crippen LogP contribution in [0, 0.1) is 5.92 Å². The molecule has 4 heteroatoms. The lowest BCUT2D eigenvalue weighted by Crippen LogP contribution is -2.33. The van der Waals surface area contributed by atoms with Gasteiger partial charge in [-0.25, -0.2) is 0 Å². The van der Waals surface area contributed by atoms with Gasteiger partial charge in [-0.05, 0) is 49.8 Å². The first-order valence-corrected chi connectivity index (χ1v) is 7.22. The van der Waals surface area contributed by atoms with Crippen LogP contribution in [0.25, 0.3) is 0 Å². The lowest BCUT2D eigenvalue weighted by atomic mass is 9.77. The summed E-state index contributed by atoms with van der Waals surface area (Å²) in [5.41, 5.74) is 7.34. The Hall–Kier alpha value is -0.770. The Labute approximate surface area is 120 Å². The minimum atomic E-state index is 0.0405. The van der Waals surface area contributed by atoms with E-state index in [9.17, 15) is 0 Å². The first-order chi connectivity index (χ1) is 9.13. The molecule has 1 aromatic rings. The van der Waals surface area contributed by atoms with Crippen molar-refractivity contribution in [1.82, 2.24) is 0 Å². The highest BCUT2D eigenvalue weighted by Crippen LogP contribution is 2.37. The Morgan fingerprint density at radius 3 is 2.79 bits per heavy atom. The van der Waals surface area contributed by atoms with Crippen LogP contribution in [0.3, 0.4) is 0 Å². The number of rotatable bonds is 6. The van der Waals surface area contributed by atoms with Crippen molar-refractivity contribution in [2.75, 3.05) is 13.7 Å². The van der Waals surface area contributed by atoms with Crippen LogP contribution >= 0.6 is 11.6 Å². The van der Waals surface area contributed by atoms with Gasteiger partial charge in [0.05, 0.1) is 18.2 Å². The average molecular weight is 284 g/mol. The van der Waals surface area contributed by atoms with Gasteiger partial charge in [-0.2, -0.15) is 0 Å². The Kier molecular flexibility index (Phi) is 5.08. The van der Waals surface area contributed by atoms with E-state index in [1.54, 1.807) is 7.11 Å². The summed E-state index contributed by atoms with van der Waals surface area (Å²) in [5, 5.41) is 0.624. The smallest absolute Gasteiger partial charge is 0.137 e. The van der Waals surface area contributed by atoms with E-state index in [0.29, 0.717) is 22.8 Å². The normalized spacial score (nSPS) is 23.8. The van der Waals surface area contributed by atoms with E-state index in [-0.39, 0.29) is 6.04 Å². The minimum absolute atomic E-state index is 0.0405. The summed E-state index contributed by atoms with van der Waals surface area (Å²) >= 11 is 6.02. The van der Waals surface area contributed by atoms with E-state index in [2.05, 4.69) is 0 Å². The van der Waals surface area contributed by atoms with Gasteiger partial charge in [-0.15, -0.1) is 0 Å². The van der Waals surface area contributed by atoms with Crippen LogP contribution in [0.4, 0.5) is 0 Å². The molecule has 0 spiro atoms. The second kappa shape index (κ2) is 6.60. The second-order valence-electron chi connectivity index (χ2n) is 5.15. The van der Waals surface area contributed by atoms with Gasteiger partial charge in [0.2, 0.25) is 0 Å². The van der Waals surface area contributed by atoms with Gasteiger partial charge in [-0.3, -0.25) is 0 Å². The van der Waals surface area contributed by atoms with E-state index in [0.717, 1.165) is 31.4 Å². The molecule has 1 fully saturated rings. The van der Waals surface area contributed by atoms with Crippen molar-refractivity contribution in [3.8, 4) is 5.75 Å². The molecule has 0 aliphatic heterocycles. The number of benzene rings is 1. The molecule has 2 N–H and O–H groups in total. The van der Waals surface area contributed by atoms with Crippen molar-refractivity contribution >= 4 is 11.6 Å². The van der Waals surface area contributed by atoms with Gasteiger partial charge in [0, 0.05) is 12.6 Å². The lowest BCUT2D eigenvalue weighted by molar-refractivity contribution is -0.0282.